The van der Waals surface area contributed by atoms with E-state index >= 15 is 0 Å². The average Bonchev–Trinajstić information content (AvgIpc) is 3.50. The Kier molecular flexibility index (Phi) is 6.29. The minimum atomic E-state index is -0.377. The van der Waals surface area contributed by atoms with Crippen LogP contribution in [0.3, 0.4) is 0 Å². The number of fused-ring (bicyclic) bond motifs is 2. The zero-order valence-electron chi connectivity index (χ0n) is 21.1. The number of nitrogens with zero attached hydrogens (tertiary/aromatic N) is 5. The van der Waals surface area contributed by atoms with Crippen LogP contribution in [0.2, 0.25) is 0 Å². The number of amides is 1. The molecule has 0 bridgehead atoms. The summed E-state index contributed by atoms with van der Waals surface area (Å²) in [6.07, 6.45) is 5.30. The number of nitrogens with one attached hydrogen (secondary N) is 1. The summed E-state index contributed by atoms with van der Waals surface area (Å²) in [5.41, 5.74) is 8.90. The highest BCUT2D eigenvalue weighted by Gasteiger charge is 2.37. The van der Waals surface area contributed by atoms with Gasteiger partial charge in [-0.05, 0) is 67.2 Å². The molecular formula is C27H32FN7O3. The lowest BCUT2D eigenvalue weighted by atomic mass is 9.76. The number of H-pyrrole nitrogens is 1. The molecular weight excluding hydrogens is 489 g/mol. The van der Waals surface area contributed by atoms with Crippen molar-refractivity contribution in [2.75, 3.05) is 36.8 Å². The van der Waals surface area contributed by atoms with Crippen LogP contribution in [-0.4, -0.2) is 67.4 Å². The molecule has 0 radical (unpaired) electrons. The van der Waals surface area contributed by atoms with Gasteiger partial charge in [-0.1, -0.05) is 0 Å². The number of rotatable bonds is 4. The standard InChI is InChI=1S/C27H32FN7O3/c28-19-10-18-2-1-17-11-20(36)12-21(37)23(17)24(25(18)30-13-19)16-4-7-34(8-5-16)22(38)9-15-3-6-35(14-15)27-31-26(29)32-33-27/h10-13,15-16,24,36-37H,1-9,14H2,(H3,29,31,32,33). The van der Waals surface area contributed by atoms with Crippen LogP contribution in [-0.2, 0) is 17.6 Å². The maximum Gasteiger partial charge on any atom is 0.246 e. The number of hydrogen-bond donors (Lipinski definition) is 4. The lowest BCUT2D eigenvalue weighted by Crippen LogP contribution is -2.41. The fourth-order valence-corrected chi connectivity index (χ4v) is 6.53. The van der Waals surface area contributed by atoms with Gasteiger partial charge in [0.15, 0.2) is 0 Å². The van der Waals surface area contributed by atoms with Crippen LogP contribution in [0.5, 0.6) is 11.5 Å². The lowest BCUT2D eigenvalue weighted by molar-refractivity contribution is -0.133. The number of piperidine rings is 1. The Morgan fingerprint density at radius 2 is 1.89 bits per heavy atom. The van der Waals surface area contributed by atoms with Crippen LogP contribution in [0.25, 0.3) is 0 Å². The van der Waals surface area contributed by atoms with Gasteiger partial charge in [0.2, 0.25) is 17.8 Å². The summed E-state index contributed by atoms with van der Waals surface area (Å²) in [6.45, 7) is 2.77. The van der Waals surface area contributed by atoms with Gasteiger partial charge < -0.3 is 25.7 Å². The molecule has 5 N–H and O–H groups in total. The fourth-order valence-electron chi connectivity index (χ4n) is 6.53. The van der Waals surface area contributed by atoms with Crippen LogP contribution in [0.1, 0.15) is 54.0 Å². The quantitative estimate of drug-likeness (QED) is 0.410. The van der Waals surface area contributed by atoms with Crippen molar-refractivity contribution in [2.24, 2.45) is 11.8 Å². The molecule has 2 saturated heterocycles. The monoisotopic (exact) mass is 521 g/mol. The maximum absolute atomic E-state index is 14.1. The minimum Gasteiger partial charge on any atom is -0.508 e. The minimum absolute atomic E-state index is 0.0162. The third kappa shape index (κ3) is 4.61. The van der Waals surface area contributed by atoms with E-state index < -0.39 is 0 Å². The SMILES string of the molecule is Nc1nc(N2CCC(CC(=O)N3CCC(C4c5ncc(F)cc5CCc5cc(O)cc(O)c54)CC3)C2)n[nH]1. The highest BCUT2D eigenvalue weighted by Crippen LogP contribution is 2.46. The number of pyridine rings is 1. The van der Waals surface area contributed by atoms with Crippen molar-refractivity contribution in [3.8, 4) is 11.5 Å². The molecule has 2 atom stereocenters. The van der Waals surface area contributed by atoms with Crippen molar-refractivity contribution in [3.05, 3.63) is 52.6 Å². The van der Waals surface area contributed by atoms with Crippen molar-refractivity contribution >= 4 is 17.8 Å². The van der Waals surface area contributed by atoms with E-state index in [9.17, 15) is 19.4 Å². The van der Waals surface area contributed by atoms with Crippen LogP contribution >= 0.6 is 0 Å². The smallest absolute Gasteiger partial charge is 0.246 e. The van der Waals surface area contributed by atoms with E-state index in [1.165, 1.54) is 18.3 Å². The van der Waals surface area contributed by atoms with E-state index in [1.54, 1.807) is 6.07 Å². The summed E-state index contributed by atoms with van der Waals surface area (Å²) < 4.78 is 14.1. The van der Waals surface area contributed by atoms with E-state index in [0.717, 1.165) is 54.7 Å². The first kappa shape index (κ1) is 24.4. The molecule has 6 rings (SSSR count). The van der Waals surface area contributed by atoms with Crippen LogP contribution in [0.15, 0.2) is 24.4 Å². The third-order valence-corrected chi connectivity index (χ3v) is 8.35. The molecule has 1 aromatic carbocycles. The predicted molar refractivity (Wildman–Crippen MR) is 138 cm³/mol. The highest BCUT2D eigenvalue weighted by molar-refractivity contribution is 5.76. The number of halogens is 1. The molecule has 3 aromatic rings. The van der Waals surface area contributed by atoms with Gasteiger partial charge in [-0.15, -0.1) is 5.10 Å². The number of carbonyl (C=O) groups excluding carboxylic acids is 1. The molecule has 2 fully saturated rings. The largest absolute Gasteiger partial charge is 0.508 e. The van der Waals surface area contributed by atoms with Crippen molar-refractivity contribution in [2.45, 2.75) is 44.4 Å². The molecule has 10 nitrogen and oxygen atoms in total. The van der Waals surface area contributed by atoms with E-state index in [1.807, 2.05) is 4.90 Å². The molecule has 3 aliphatic rings. The van der Waals surface area contributed by atoms with E-state index in [2.05, 4.69) is 25.1 Å². The molecule has 2 aliphatic heterocycles. The summed E-state index contributed by atoms with van der Waals surface area (Å²) in [4.78, 5) is 25.9. The van der Waals surface area contributed by atoms with Crippen LogP contribution < -0.4 is 10.6 Å². The first-order valence-corrected chi connectivity index (χ1v) is 13.3. The van der Waals surface area contributed by atoms with E-state index in [-0.39, 0.29) is 46.9 Å². The number of nitrogens with two attached hydrogens (primary N) is 1. The summed E-state index contributed by atoms with van der Waals surface area (Å²) in [7, 11) is 0. The molecule has 11 heteroatoms. The maximum atomic E-state index is 14.1. The predicted octanol–water partition coefficient (Wildman–Crippen LogP) is 2.72. The Morgan fingerprint density at radius 1 is 1.11 bits per heavy atom. The number of hydrogen-bond acceptors (Lipinski definition) is 8. The second kappa shape index (κ2) is 9.77. The fraction of sp³-hybridized carbons (Fsp3) is 0.481. The van der Waals surface area contributed by atoms with Crippen molar-refractivity contribution < 1.29 is 19.4 Å². The molecule has 1 aliphatic carbocycles. The van der Waals surface area contributed by atoms with Crippen molar-refractivity contribution in [1.29, 1.82) is 0 Å². The molecule has 0 spiro atoms. The first-order valence-electron chi connectivity index (χ1n) is 13.3. The van der Waals surface area contributed by atoms with Gasteiger partial charge in [0, 0.05) is 50.1 Å². The highest BCUT2D eigenvalue weighted by atomic mass is 19.1. The number of nitrogen functional groups attached to an aromatic ring is 1. The Hall–Kier alpha value is -3.89. The zero-order valence-corrected chi connectivity index (χ0v) is 21.1. The Morgan fingerprint density at radius 3 is 2.66 bits per heavy atom. The topological polar surface area (TPSA) is 144 Å². The third-order valence-electron chi connectivity index (χ3n) is 8.35. The van der Waals surface area contributed by atoms with Crippen LogP contribution in [0.4, 0.5) is 16.3 Å². The van der Waals surface area contributed by atoms with Gasteiger partial charge >= 0.3 is 0 Å². The number of aromatic amines is 1. The number of phenolic OH excluding ortho intramolecular Hbond substituents is 2. The van der Waals surface area contributed by atoms with E-state index in [4.69, 9.17) is 5.73 Å². The number of benzene rings is 1. The van der Waals surface area contributed by atoms with Crippen molar-refractivity contribution in [3.63, 3.8) is 0 Å². The van der Waals surface area contributed by atoms with E-state index in [0.29, 0.717) is 38.3 Å². The molecule has 4 heterocycles. The molecule has 1 amide bonds. The summed E-state index contributed by atoms with van der Waals surface area (Å²) in [5, 5.41) is 27.8. The Labute approximate surface area is 219 Å². The molecule has 38 heavy (non-hydrogen) atoms. The first-order chi connectivity index (χ1) is 18.4. The summed E-state index contributed by atoms with van der Waals surface area (Å²) >= 11 is 0. The lowest BCUT2D eigenvalue weighted by Gasteiger charge is -2.37. The number of phenols is 2. The Bertz CT molecular complexity index is 1350. The van der Waals surface area contributed by atoms with Gasteiger partial charge in [-0.2, -0.15) is 4.98 Å². The van der Waals surface area contributed by atoms with Gasteiger partial charge in [-0.3, -0.25) is 9.78 Å². The number of likely N-dealkylation sites (tertiary alicyclic amines) is 1. The Balaban J connectivity index is 1.15. The number of aromatic nitrogens is 4. The number of aromatic hydroxyl groups is 2. The molecule has 2 unspecified atom stereocenters. The number of carbonyl (C=O) groups is 1. The zero-order chi connectivity index (χ0) is 26.4. The van der Waals surface area contributed by atoms with Gasteiger partial charge in [0.05, 0.1) is 11.9 Å². The summed E-state index contributed by atoms with van der Waals surface area (Å²) in [6, 6.07) is 4.60. The molecule has 2 aromatic heterocycles. The normalized spacial score (nSPS) is 21.7. The molecule has 200 valence electrons. The van der Waals surface area contributed by atoms with Crippen LogP contribution in [0, 0.1) is 17.7 Å². The molecule has 0 saturated carbocycles. The van der Waals surface area contributed by atoms with Gasteiger partial charge in [0.1, 0.15) is 17.3 Å². The van der Waals surface area contributed by atoms with Gasteiger partial charge in [0.25, 0.3) is 0 Å². The van der Waals surface area contributed by atoms with Crippen molar-refractivity contribution in [1.82, 2.24) is 25.1 Å². The average molecular weight is 522 g/mol. The second-order valence-electron chi connectivity index (χ2n) is 10.8. The summed E-state index contributed by atoms with van der Waals surface area (Å²) in [5.74, 6) is 0.837. The van der Waals surface area contributed by atoms with Gasteiger partial charge in [-0.25, -0.2) is 9.49 Å². The number of anilines is 2. The second-order valence-corrected chi connectivity index (χ2v) is 10.8. The number of aryl methyl sites for hydroxylation is 2.